The van der Waals surface area contributed by atoms with Gasteiger partial charge < -0.3 is 4.74 Å². The molecule has 13 heavy (non-hydrogen) atoms. The lowest BCUT2D eigenvalue weighted by molar-refractivity contribution is 0.162. The van der Waals surface area contributed by atoms with Gasteiger partial charge in [0.1, 0.15) is 0 Å². The van der Waals surface area contributed by atoms with E-state index in [4.69, 9.17) is 9.63 Å². The standard InChI is InChI=1S/C4H10O.C2H5O4PS/c1-3-5-4-2;1-8(5,6)2-7(3)4/h3-4H2,1-2H3;2H2,1H3/p+1. The van der Waals surface area contributed by atoms with Gasteiger partial charge in [-0.1, -0.05) is 0 Å². The number of ether oxygens (including phenoxy) is 1. The number of hydrogen-bond acceptors (Lipinski definition) is 4. The van der Waals surface area contributed by atoms with Gasteiger partial charge in [0, 0.05) is 19.5 Å². The normalized spacial score (nSPS) is 11.5. The minimum atomic E-state index is -3.26. The lowest BCUT2D eigenvalue weighted by Gasteiger charge is -1.86. The summed E-state index contributed by atoms with van der Waals surface area (Å²) in [7, 11) is -5.78. The first-order chi connectivity index (χ1) is 5.83. The fraction of sp³-hybridized carbons (Fsp3) is 1.00. The summed E-state index contributed by atoms with van der Waals surface area (Å²) in [4.78, 5) is 8.02. The molecule has 0 aliphatic heterocycles. The molecular formula is C6H16O5PS+. The summed E-state index contributed by atoms with van der Waals surface area (Å²) in [5.41, 5.74) is -0.637. The summed E-state index contributed by atoms with van der Waals surface area (Å²) in [6.07, 6.45) is 0.913. The molecule has 0 aromatic carbocycles. The minimum absolute atomic E-state index is 0.637. The third-order valence-corrected chi connectivity index (χ3v) is 3.51. The molecule has 0 amide bonds. The molecule has 1 unspecified atom stereocenters. The Hall–Kier alpha value is -0.0300. The van der Waals surface area contributed by atoms with Crippen molar-refractivity contribution in [2.24, 2.45) is 0 Å². The molecule has 0 fully saturated rings. The topological polar surface area (TPSA) is 80.7 Å². The minimum Gasteiger partial charge on any atom is -0.382 e. The second-order valence-corrected chi connectivity index (χ2v) is 5.78. The van der Waals surface area contributed by atoms with Gasteiger partial charge in [-0.2, -0.15) is 4.89 Å². The largest absolute Gasteiger partial charge is 0.521 e. The Balaban J connectivity index is 0. The molecule has 0 aromatic heterocycles. The smallest absolute Gasteiger partial charge is 0.382 e. The fourth-order valence-electron chi connectivity index (χ4n) is 0.405. The van der Waals surface area contributed by atoms with Crippen LogP contribution in [0.15, 0.2) is 0 Å². The molecule has 80 valence electrons. The van der Waals surface area contributed by atoms with Crippen LogP contribution in [0.1, 0.15) is 13.8 Å². The molecule has 7 heteroatoms. The molecule has 0 aliphatic carbocycles. The Labute approximate surface area is 79.9 Å². The van der Waals surface area contributed by atoms with E-state index >= 15 is 0 Å². The summed E-state index contributed by atoms with van der Waals surface area (Å²) >= 11 is 0. The van der Waals surface area contributed by atoms with Gasteiger partial charge in [0.05, 0.1) is 0 Å². The van der Waals surface area contributed by atoms with E-state index in [0.29, 0.717) is 0 Å². The molecule has 0 rings (SSSR count). The Morgan fingerprint density at radius 1 is 1.31 bits per heavy atom. The van der Waals surface area contributed by atoms with Crippen LogP contribution in [-0.2, 0) is 19.1 Å². The van der Waals surface area contributed by atoms with Crippen LogP contribution in [0.2, 0.25) is 0 Å². The van der Waals surface area contributed by atoms with Crippen molar-refractivity contribution in [1.29, 1.82) is 0 Å². The fourth-order valence-corrected chi connectivity index (χ4v) is 2.01. The van der Waals surface area contributed by atoms with E-state index in [-0.39, 0.29) is 0 Å². The Morgan fingerprint density at radius 3 is 1.69 bits per heavy atom. The van der Waals surface area contributed by atoms with Gasteiger partial charge in [0.15, 0.2) is 9.84 Å². The van der Waals surface area contributed by atoms with Gasteiger partial charge in [0.25, 0.3) is 5.49 Å². The van der Waals surface area contributed by atoms with Crippen LogP contribution in [0.25, 0.3) is 0 Å². The van der Waals surface area contributed by atoms with Crippen molar-refractivity contribution < 1.29 is 22.6 Å². The summed E-state index contributed by atoms with van der Waals surface area (Å²) in [5, 5.41) is 0. The second kappa shape index (κ2) is 8.56. The highest BCUT2D eigenvalue weighted by molar-refractivity contribution is 7.95. The van der Waals surface area contributed by atoms with E-state index in [9.17, 15) is 13.0 Å². The van der Waals surface area contributed by atoms with E-state index in [0.717, 1.165) is 19.5 Å². The van der Waals surface area contributed by atoms with Crippen molar-refractivity contribution in [2.45, 2.75) is 13.8 Å². The zero-order chi connectivity index (χ0) is 10.9. The molecule has 0 aromatic rings. The average molecular weight is 231 g/mol. The zero-order valence-electron chi connectivity index (χ0n) is 8.06. The van der Waals surface area contributed by atoms with Gasteiger partial charge in [-0.25, -0.2) is 8.42 Å². The van der Waals surface area contributed by atoms with E-state index in [1.807, 2.05) is 13.8 Å². The quantitative estimate of drug-likeness (QED) is 0.722. The van der Waals surface area contributed by atoms with Crippen LogP contribution in [0.3, 0.4) is 0 Å². The molecule has 0 aliphatic rings. The Morgan fingerprint density at radius 2 is 1.69 bits per heavy atom. The number of rotatable bonds is 4. The van der Waals surface area contributed by atoms with Gasteiger partial charge in [0.2, 0.25) is 0 Å². The first-order valence-corrected chi connectivity index (χ1v) is 7.18. The molecule has 0 radical (unpaired) electrons. The zero-order valence-corrected chi connectivity index (χ0v) is 9.77. The van der Waals surface area contributed by atoms with Crippen LogP contribution in [0.4, 0.5) is 0 Å². The molecule has 1 atom stereocenters. The first-order valence-electron chi connectivity index (χ1n) is 3.72. The van der Waals surface area contributed by atoms with Crippen molar-refractivity contribution in [3.63, 3.8) is 0 Å². The number of hydrogen-bond donors (Lipinski definition) is 1. The van der Waals surface area contributed by atoms with E-state index < -0.39 is 23.4 Å². The summed E-state index contributed by atoms with van der Waals surface area (Å²) in [6.45, 7) is 5.67. The van der Waals surface area contributed by atoms with E-state index in [2.05, 4.69) is 0 Å². The predicted molar refractivity (Wildman–Crippen MR) is 51.7 cm³/mol. The third kappa shape index (κ3) is 24.5. The van der Waals surface area contributed by atoms with Crippen LogP contribution in [-0.4, -0.2) is 38.3 Å². The van der Waals surface area contributed by atoms with Gasteiger partial charge >= 0.3 is 8.03 Å². The van der Waals surface area contributed by atoms with Crippen LogP contribution in [0.5, 0.6) is 0 Å². The molecule has 1 N–H and O–H groups in total. The van der Waals surface area contributed by atoms with Crippen molar-refractivity contribution in [3.8, 4) is 0 Å². The maximum atomic E-state index is 10.1. The molecular weight excluding hydrogens is 215 g/mol. The van der Waals surface area contributed by atoms with Gasteiger partial charge in [-0.05, 0) is 18.4 Å². The van der Waals surface area contributed by atoms with Crippen LogP contribution >= 0.6 is 8.03 Å². The maximum absolute atomic E-state index is 10.1. The van der Waals surface area contributed by atoms with E-state index in [1.165, 1.54) is 0 Å². The van der Waals surface area contributed by atoms with Crippen molar-refractivity contribution >= 4 is 17.9 Å². The summed E-state index contributed by atoms with van der Waals surface area (Å²) in [6, 6.07) is 0. The molecule has 5 nitrogen and oxygen atoms in total. The second-order valence-electron chi connectivity index (χ2n) is 2.19. The SMILES string of the molecule is CCOCC.CS(=O)(=O)C[P+](=O)O. The van der Waals surface area contributed by atoms with Gasteiger partial charge in [-0.3, -0.25) is 0 Å². The maximum Gasteiger partial charge on any atom is 0.521 e. The van der Waals surface area contributed by atoms with Crippen molar-refractivity contribution in [3.05, 3.63) is 0 Å². The molecule has 0 saturated heterocycles. The first kappa shape index (κ1) is 15.4. The molecule has 0 saturated carbocycles. The lowest BCUT2D eigenvalue weighted by Crippen LogP contribution is -1.97. The highest BCUT2D eigenvalue weighted by Crippen LogP contribution is 2.14. The molecule has 0 spiro atoms. The monoisotopic (exact) mass is 231 g/mol. The van der Waals surface area contributed by atoms with Crippen LogP contribution < -0.4 is 0 Å². The highest BCUT2D eigenvalue weighted by atomic mass is 32.2. The molecule has 0 heterocycles. The van der Waals surface area contributed by atoms with Crippen LogP contribution in [0, 0.1) is 0 Å². The van der Waals surface area contributed by atoms with Crippen molar-refractivity contribution in [1.82, 2.24) is 0 Å². The third-order valence-electron chi connectivity index (χ3n) is 0.753. The summed E-state index contributed by atoms with van der Waals surface area (Å²) in [5.74, 6) is 0. The predicted octanol–water partition coefficient (Wildman–Crippen LogP) is 0.766. The lowest BCUT2D eigenvalue weighted by atomic mass is 10.8. The van der Waals surface area contributed by atoms with Gasteiger partial charge in [-0.15, -0.1) is 0 Å². The van der Waals surface area contributed by atoms with E-state index in [1.54, 1.807) is 0 Å². The highest BCUT2D eigenvalue weighted by Gasteiger charge is 2.18. The molecule has 0 bridgehead atoms. The Bertz CT molecular complexity index is 221. The van der Waals surface area contributed by atoms with Crippen molar-refractivity contribution in [2.75, 3.05) is 25.0 Å². The number of sulfone groups is 1. The summed E-state index contributed by atoms with van der Waals surface area (Å²) < 4.78 is 34.8. The average Bonchev–Trinajstić information content (AvgIpc) is 1.84. The Kier molecular flexibility index (Phi) is 10.2.